The third-order valence-electron chi connectivity index (χ3n) is 5.77. The number of anilines is 1. The number of hydrogen-bond acceptors (Lipinski definition) is 3. The number of nitrogens with zero attached hydrogens (tertiary/aromatic N) is 3. The van der Waals surface area contributed by atoms with Crippen molar-refractivity contribution in [1.29, 1.82) is 0 Å². The van der Waals surface area contributed by atoms with Crippen molar-refractivity contribution in [2.75, 3.05) is 18.0 Å². The van der Waals surface area contributed by atoms with Gasteiger partial charge in [-0.2, -0.15) is 0 Å². The van der Waals surface area contributed by atoms with Crippen LogP contribution < -0.4 is 4.90 Å². The van der Waals surface area contributed by atoms with Crippen LogP contribution in [0.2, 0.25) is 0 Å². The maximum atomic E-state index is 13.2. The molecule has 150 valence electrons. The molecule has 4 aromatic rings. The third-order valence-corrected chi connectivity index (χ3v) is 5.77. The number of aromatic amines is 1. The van der Waals surface area contributed by atoms with Gasteiger partial charge in [0.15, 0.2) is 0 Å². The van der Waals surface area contributed by atoms with Crippen LogP contribution in [0.4, 0.5) is 5.69 Å². The standard InChI is InChI=1S/C25H24N4O/c30-25(14-19-9-10-20-5-1-2-6-21(20)13-19)29-12-11-28(17-23-15-26-18-27-23)24-8-4-3-7-22(24)16-29/h1-10,13,15,18H,11-12,14,16-17H2,(H,26,27). The molecular weight excluding hydrogens is 372 g/mol. The Morgan fingerprint density at radius 2 is 1.80 bits per heavy atom. The lowest BCUT2D eigenvalue weighted by Crippen LogP contribution is -2.36. The van der Waals surface area contributed by atoms with E-state index in [1.165, 1.54) is 22.0 Å². The van der Waals surface area contributed by atoms with Crippen molar-refractivity contribution in [3.8, 4) is 0 Å². The highest BCUT2D eigenvalue weighted by atomic mass is 16.2. The normalized spacial score (nSPS) is 13.9. The lowest BCUT2D eigenvalue weighted by atomic mass is 10.0. The third kappa shape index (κ3) is 3.79. The van der Waals surface area contributed by atoms with Gasteiger partial charge in [0.05, 0.1) is 25.0 Å². The number of H-pyrrole nitrogens is 1. The Hall–Kier alpha value is -3.60. The summed E-state index contributed by atoms with van der Waals surface area (Å²) in [6, 6.07) is 22.9. The summed E-state index contributed by atoms with van der Waals surface area (Å²) in [6.07, 6.45) is 3.99. The van der Waals surface area contributed by atoms with Crippen LogP contribution in [0, 0.1) is 0 Å². The first-order valence-electron chi connectivity index (χ1n) is 10.3. The van der Waals surface area contributed by atoms with E-state index in [4.69, 9.17) is 0 Å². The molecule has 0 atom stereocenters. The zero-order valence-corrected chi connectivity index (χ0v) is 16.8. The molecule has 2 heterocycles. The molecule has 5 heteroatoms. The molecule has 1 N–H and O–H groups in total. The highest BCUT2D eigenvalue weighted by Crippen LogP contribution is 2.26. The van der Waals surface area contributed by atoms with Crippen LogP contribution in [0.15, 0.2) is 79.3 Å². The maximum Gasteiger partial charge on any atom is 0.227 e. The number of amides is 1. The summed E-state index contributed by atoms with van der Waals surface area (Å²) in [5.41, 5.74) is 4.50. The van der Waals surface area contributed by atoms with Crippen LogP contribution in [0.1, 0.15) is 16.8 Å². The zero-order valence-electron chi connectivity index (χ0n) is 16.8. The van der Waals surface area contributed by atoms with E-state index in [0.29, 0.717) is 19.5 Å². The van der Waals surface area contributed by atoms with E-state index in [2.05, 4.69) is 63.4 Å². The highest BCUT2D eigenvalue weighted by Gasteiger charge is 2.23. The molecule has 5 nitrogen and oxygen atoms in total. The summed E-state index contributed by atoms with van der Waals surface area (Å²) in [7, 11) is 0. The van der Waals surface area contributed by atoms with Gasteiger partial charge in [-0.3, -0.25) is 4.79 Å². The Morgan fingerprint density at radius 1 is 0.967 bits per heavy atom. The number of aromatic nitrogens is 2. The highest BCUT2D eigenvalue weighted by molar-refractivity contribution is 5.85. The summed E-state index contributed by atoms with van der Waals surface area (Å²) < 4.78 is 0. The minimum Gasteiger partial charge on any atom is -0.364 e. The van der Waals surface area contributed by atoms with Crippen LogP contribution in [0.25, 0.3) is 10.8 Å². The minimum absolute atomic E-state index is 0.170. The molecule has 0 bridgehead atoms. The van der Waals surface area contributed by atoms with Crippen LogP contribution in [-0.4, -0.2) is 33.9 Å². The second kappa shape index (κ2) is 8.03. The van der Waals surface area contributed by atoms with Gasteiger partial charge in [0.2, 0.25) is 5.91 Å². The Kier molecular flexibility index (Phi) is 4.93. The first-order valence-corrected chi connectivity index (χ1v) is 10.3. The van der Waals surface area contributed by atoms with Gasteiger partial charge in [0.1, 0.15) is 0 Å². The van der Waals surface area contributed by atoms with Gasteiger partial charge in [-0.25, -0.2) is 4.98 Å². The van der Waals surface area contributed by atoms with Gasteiger partial charge >= 0.3 is 0 Å². The molecule has 0 fully saturated rings. The first kappa shape index (κ1) is 18.4. The summed E-state index contributed by atoms with van der Waals surface area (Å²) in [6.45, 7) is 2.89. The molecule has 30 heavy (non-hydrogen) atoms. The van der Waals surface area contributed by atoms with E-state index in [1.807, 2.05) is 29.3 Å². The summed E-state index contributed by atoms with van der Waals surface area (Å²) >= 11 is 0. The smallest absolute Gasteiger partial charge is 0.227 e. The second-order valence-corrected chi connectivity index (χ2v) is 7.80. The van der Waals surface area contributed by atoms with Crippen molar-refractivity contribution in [1.82, 2.24) is 14.9 Å². The Bertz CT molecular complexity index is 1170. The van der Waals surface area contributed by atoms with Crippen molar-refractivity contribution in [2.24, 2.45) is 0 Å². The molecule has 0 spiro atoms. The fourth-order valence-corrected chi connectivity index (χ4v) is 4.19. The zero-order chi connectivity index (χ0) is 20.3. The van der Waals surface area contributed by atoms with Crippen LogP contribution in [-0.2, 0) is 24.3 Å². The molecule has 0 saturated heterocycles. The predicted molar refractivity (Wildman–Crippen MR) is 119 cm³/mol. The van der Waals surface area contributed by atoms with Crippen molar-refractivity contribution >= 4 is 22.4 Å². The molecule has 0 radical (unpaired) electrons. The van der Waals surface area contributed by atoms with E-state index in [9.17, 15) is 4.79 Å². The monoisotopic (exact) mass is 396 g/mol. The molecule has 1 aromatic heterocycles. The van der Waals surface area contributed by atoms with Gasteiger partial charge in [-0.15, -0.1) is 0 Å². The fraction of sp³-hybridized carbons (Fsp3) is 0.200. The number of carbonyl (C=O) groups is 1. The largest absolute Gasteiger partial charge is 0.364 e. The Balaban J connectivity index is 1.35. The van der Waals surface area contributed by atoms with Crippen molar-refractivity contribution in [3.05, 3.63) is 96.1 Å². The van der Waals surface area contributed by atoms with Crippen molar-refractivity contribution < 1.29 is 4.79 Å². The van der Waals surface area contributed by atoms with Gasteiger partial charge in [0, 0.05) is 31.5 Å². The first-order chi connectivity index (χ1) is 14.8. The van der Waals surface area contributed by atoms with Crippen LogP contribution in [0.5, 0.6) is 0 Å². The number of nitrogens with one attached hydrogen (secondary N) is 1. The predicted octanol–water partition coefficient (Wildman–Crippen LogP) is 4.15. The number of carbonyl (C=O) groups excluding carboxylic acids is 1. The Morgan fingerprint density at radius 3 is 2.67 bits per heavy atom. The maximum absolute atomic E-state index is 13.2. The summed E-state index contributed by atoms with van der Waals surface area (Å²) in [5.74, 6) is 0.170. The molecule has 1 aliphatic rings. The average molecular weight is 396 g/mol. The number of fused-ring (bicyclic) bond motifs is 2. The van der Waals surface area contributed by atoms with E-state index >= 15 is 0 Å². The molecule has 5 rings (SSSR count). The summed E-state index contributed by atoms with van der Waals surface area (Å²) in [4.78, 5) is 24.8. The molecule has 0 saturated carbocycles. The van der Waals surface area contributed by atoms with Crippen molar-refractivity contribution in [2.45, 2.75) is 19.5 Å². The Labute approximate surface area is 176 Å². The number of imidazole rings is 1. The van der Waals surface area contributed by atoms with Gasteiger partial charge in [-0.05, 0) is 28.0 Å². The summed E-state index contributed by atoms with van der Waals surface area (Å²) in [5, 5.41) is 2.38. The molecule has 0 aliphatic carbocycles. The number of hydrogen-bond donors (Lipinski definition) is 1. The van der Waals surface area contributed by atoms with Crippen LogP contribution >= 0.6 is 0 Å². The van der Waals surface area contributed by atoms with Gasteiger partial charge in [0.25, 0.3) is 0 Å². The van der Waals surface area contributed by atoms with E-state index < -0.39 is 0 Å². The average Bonchev–Trinajstić information content (AvgIpc) is 3.22. The number of rotatable bonds is 4. The molecule has 1 aliphatic heterocycles. The lowest BCUT2D eigenvalue weighted by Gasteiger charge is -2.24. The van der Waals surface area contributed by atoms with E-state index in [-0.39, 0.29) is 5.91 Å². The molecule has 3 aromatic carbocycles. The minimum atomic E-state index is 0.170. The molecule has 0 unspecified atom stereocenters. The van der Waals surface area contributed by atoms with Gasteiger partial charge < -0.3 is 14.8 Å². The second-order valence-electron chi connectivity index (χ2n) is 7.80. The topological polar surface area (TPSA) is 52.2 Å². The van der Waals surface area contributed by atoms with Gasteiger partial charge in [-0.1, -0.05) is 60.7 Å². The van der Waals surface area contributed by atoms with Crippen molar-refractivity contribution in [3.63, 3.8) is 0 Å². The molecular formula is C25H24N4O. The number of para-hydroxylation sites is 1. The van der Waals surface area contributed by atoms with E-state index in [0.717, 1.165) is 24.3 Å². The SMILES string of the molecule is O=C(Cc1ccc2ccccc2c1)N1CCN(Cc2cnc[nH]2)c2ccccc2C1. The number of benzene rings is 3. The quantitative estimate of drug-likeness (QED) is 0.564. The fourth-order valence-electron chi connectivity index (χ4n) is 4.19. The molecule has 1 amide bonds. The lowest BCUT2D eigenvalue weighted by molar-refractivity contribution is -0.130. The van der Waals surface area contributed by atoms with Crippen LogP contribution in [0.3, 0.4) is 0 Å². The van der Waals surface area contributed by atoms with E-state index in [1.54, 1.807) is 6.33 Å².